The Morgan fingerprint density at radius 2 is 1.87 bits per heavy atom. The fourth-order valence-corrected chi connectivity index (χ4v) is 1.29. The minimum absolute atomic E-state index is 0.0123. The first kappa shape index (κ1) is 12.1. The van der Waals surface area contributed by atoms with E-state index in [2.05, 4.69) is 0 Å². The highest BCUT2D eigenvalue weighted by atomic mass is 16.5. The number of hydrogen-bond acceptors (Lipinski definition) is 4. The molecule has 0 fully saturated rings. The minimum atomic E-state index is -1.27. The van der Waals surface area contributed by atoms with Crippen molar-refractivity contribution in [2.75, 3.05) is 13.2 Å². The van der Waals surface area contributed by atoms with Crippen LogP contribution in [0, 0.1) is 0 Å². The van der Waals surface area contributed by atoms with Crippen LogP contribution in [0.2, 0.25) is 0 Å². The molecule has 1 aromatic carbocycles. The van der Waals surface area contributed by atoms with Gasteiger partial charge in [0.1, 0.15) is 0 Å². The molecule has 0 bridgehead atoms. The summed E-state index contributed by atoms with van der Waals surface area (Å²) in [4.78, 5) is 0. The van der Waals surface area contributed by atoms with Crippen LogP contribution in [0.1, 0.15) is 12.5 Å². The molecule has 84 valence electrons. The summed E-state index contributed by atoms with van der Waals surface area (Å²) in [5, 5.41) is 28.9. The van der Waals surface area contributed by atoms with Crippen LogP contribution in [-0.2, 0) is 6.54 Å². The van der Waals surface area contributed by atoms with E-state index in [1.165, 1.54) is 6.92 Å². The van der Waals surface area contributed by atoms with Crippen molar-refractivity contribution < 1.29 is 15.4 Å². The van der Waals surface area contributed by atoms with Crippen LogP contribution >= 0.6 is 0 Å². The Bertz CT molecular complexity index is 287. The van der Waals surface area contributed by atoms with Gasteiger partial charge in [-0.1, -0.05) is 30.3 Å². The fourth-order valence-electron chi connectivity index (χ4n) is 1.29. The van der Waals surface area contributed by atoms with E-state index < -0.39 is 5.60 Å². The first-order valence-electron chi connectivity index (χ1n) is 4.84. The first-order valence-corrected chi connectivity index (χ1v) is 4.84. The highest BCUT2D eigenvalue weighted by molar-refractivity contribution is 5.14. The molecule has 0 spiro atoms. The Kier molecular flexibility index (Phi) is 4.23. The molecular weight excluding hydrogens is 194 g/mol. The Morgan fingerprint density at radius 3 is 2.40 bits per heavy atom. The van der Waals surface area contributed by atoms with Crippen molar-refractivity contribution in [1.82, 2.24) is 5.06 Å². The molecule has 0 unspecified atom stereocenters. The van der Waals surface area contributed by atoms with Crippen molar-refractivity contribution in [3.63, 3.8) is 0 Å². The Labute approximate surface area is 89.4 Å². The number of nitrogens with zero attached hydrogens (tertiary/aromatic N) is 1. The number of benzene rings is 1. The monoisotopic (exact) mass is 211 g/mol. The van der Waals surface area contributed by atoms with Gasteiger partial charge in [-0.05, 0) is 12.5 Å². The van der Waals surface area contributed by atoms with Gasteiger partial charge in [-0.3, -0.25) is 0 Å². The molecule has 4 nitrogen and oxygen atoms in total. The van der Waals surface area contributed by atoms with E-state index in [0.29, 0.717) is 6.54 Å². The predicted octanol–water partition coefficient (Wildman–Crippen LogP) is 0.621. The van der Waals surface area contributed by atoms with E-state index in [4.69, 9.17) is 5.11 Å². The van der Waals surface area contributed by atoms with Gasteiger partial charge >= 0.3 is 0 Å². The highest BCUT2D eigenvalue weighted by Crippen LogP contribution is 2.07. The second-order valence-electron chi connectivity index (χ2n) is 3.96. The lowest BCUT2D eigenvalue weighted by molar-refractivity contribution is -0.152. The molecule has 0 heterocycles. The van der Waals surface area contributed by atoms with Gasteiger partial charge in [-0.25, -0.2) is 0 Å². The van der Waals surface area contributed by atoms with Gasteiger partial charge < -0.3 is 15.4 Å². The molecule has 15 heavy (non-hydrogen) atoms. The average Bonchev–Trinajstić information content (AvgIpc) is 2.18. The number of aliphatic hydroxyl groups excluding tert-OH is 1. The van der Waals surface area contributed by atoms with E-state index in [9.17, 15) is 10.3 Å². The van der Waals surface area contributed by atoms with Gasteiger partial charge in [0.05, 0.1) is 18.8 Å². The zero-order valence-electron chi connectivity index (χ0n) is 8.80. The molecule has 0 amide bonds. The van der Waals surface area contributed by atoms with Crippen molar-refractivity contribution in [2.24, 2.45) is 0 Å². The zero-order valence-corrected chi connectivity index (χ0v) is 8.80. The van der Waals surface area contributed by atoms with Gasteiger partial charge in [0.15, 0.2) is 0 Å². The molecule has 1 rings (SSSR count). The summed E-state index contributed by atoms with van der Waals surface area (Å²) in [6.45, 7) is 1.44. The van der Waals surface area contributed by atoms with Crippen molar-refractivity contribution in [1.29, 1.82) is 0 Å². The van der Waals surface area contributed by atoms with E-state index in [0.717, 1.165) is 10.6 Å². The van der Waals surface area contributed by atoms with E-state index in [1.54, 1.807) is 0 Å². The SMILES string of the molecule is C[C@@](O)(CO)CN(O)Cc1ccccc1. The standard InChI is InChI=1S/C11H17NO3/c1-11(14,9-13)8-12(15)7-10-5-3-2-4-6-10/h2-6,13-15H,7-9H2,1H3/t11-/m0/s1. The van der Waals surface area contributed by atoms with Crippen LogP contribution in [0.4, 0.5) is 0 Å². The van der Waals surface area contributed by atoms with Crippen molar-refractivity contribution >= 4 is 0 Å². The molecule has 0 saturated carbocycles. The molecule has 0 aromatic heterocycles. The lowest BCUT2D eigenvalue weighted by Gasteiger charge is -2.25. The second-order valence-corrected chi connectivity index (χ2v) is 3.96. The van der Waals surface area contributed by atoms with Gasteiger partial charge in [0, 0.05) is 6.54 Å². The summed E-state index contributed by atoms with van der Waals surface area (Å²) in [6.07, 6.45) is 0. The summed E-state index contributed by atoms with van der Waals surface area (Å²) >= 11 is 0. The first-order chi connectivity index (χ1) is 7.03. The maximum atomic E-state index is 9.53. The van der Waals surface area contributed by atoms with Crippen molar-refractivity contribution in [3.8, 4) is 0 Å². The minimum Gasteiger partial charge on any atom is -0.393 e. The Morgan fingerprint density at radius 1 is 1.27 bits per heavy atom. The number of hydroxylamine groups is 2. The summed E-state index contributed by atoms with van der Waals surface area (Å²) < 4.78 is 0. The molecule has 1 atom stereocenters. The van der Waals surface area contributed by atoms with Gasteiger partial charge in [0.25, 0.3) is 0 Å². The predicted molar refractivity (Wildman–Crippen MR) is 56.3 cm³/mol. The third-order valence-electron chi connectivity index (χ3n) is 2.07. The van der Waals surface area contributed by atoms with E-state index >= 15 is 0 Å². The molecule has 0 aliphatic heterocycles. The molecule has 0 aliphatic rings. The van der Waals surface area contributed by atoms with Crippen LogP contribution in [-0.4, -0.2) is 39.2 Å². The smallest absolute Gasteiger partial charge is 0.0998 e. The second kappa shape index (κ2) is 5.23. The van der Waals surface area contributed by atoms with E-state index in [-0.39, 0.29) is 13.2 Å². The summed E-state index contributed by atoms with van der Waals surface area (Å²) in [5.74, 6) is 0. The Balaban J connectivity index is 2.46. The van der Waals surface area contributed by atoms with Crippen LogP contribution < -0.4 is 0 Å². The number of rotatable bonds is 5. The van der Waals surface area contributed by atoms with Crippen molar-refractivity contribution in [2.45, 2.75) is 19.1 Å². The fraction of sp³-hybridized carbons (Fsp3) is 0.455. The normalized spacial score (nSPS) is 15.3. The quantitative estimate of drug-likeness (QED) is 0.625. The average molecular weight is 211 g/mol. The molecule has 1 aromatic rings. The van der Waals surface area contributed by atoms with Crippen LogP contribution in [0.5, 0.6) is 0 Å². The molecular formula is C11H17NO3. The topological polar surface area (TPSA) is 63.9 Å². The summed E-state index contributed by atoms with van der Waals surface area (Å²) in [6, 6.07) is 9.43. The van der Waals surface area contributed by atoms with Gasteiger partial charge in [-0.2, -0.15) is 5.06 Å². The zero-order chi connectivity index (χ0) is 11.3. The molecule has 0 radical (unpaired) electrons. The molecule has 0 saturated heterocycles. The Hall–Kier alpha value is -0.940. The molecule has 3 N–H and O–H groups in total. The third-order valence-corrected chi connectivity index (χ3v) is 2.07. The third kappa shape index (κ3) is 4.40. The summed E-state index contributed by atoms with van der Waals surface area (Å²) in [5.41, 5.74) is -0.322. The molecule has 0 aliphatic carbocycles. The highest BCUT2D eigenvalue weighted by Gasteiger charge is 2.22. The largest absolute Gasteiger partial charge is 0.393 e. The number of aliphatic hydroxyl groups is 2. The van der Waals surface area contributed by atoms with Crippen LogP contribution in [0.3, 0.4) is 0 Å². The maximum Gasteiger partial charge on any atom is 0.0998 e. The molecule has 4 heteroatoms. The van der Waals surface area contributed by atoms with Crippen molar-refractivity contribution in [3.05, 3.63) is 35.9 Å². The van der Waals surface area contributed by atoms with Crippen LogP contribution in [0.25, 0.3) is 0 Å². The van der Waals surface area contributed by atoms with E-state index in [1.807, 2.05) is 30.3 Å². The lowest BCUT2D eigenvalue weighted by Crippen LogP contribution is -2.41. The van der Waals surface area contributed by atoms with Gasteiger partial charge in [-0.15, -0.1) is 0 Å². The number of hydrogen-bond donors (Lipinski definition) is 3. The van der Waals surface area contributed by atoms with Gasteiger partial charge in [0.2, 0.25) is 0 Å². The summed E-state index contributed by atoms with van der Waals surface area (Å²) in [7, 11) is 0. The van der Waals surface area contributed by atoms with Crippen LogP contribution in [0.15, 0.2) is 30.3 Å². The maximum absolute atomic E-state index is 9.53. The lowest BCUT2D eigenvalue weighted by atomic mass is 10.1.